The lowest BCUT2D eigenvalue weighted by atomic mass is 9.97. The largest absolute Gasteiger partial charge is 0.404 e. The quantitative estimate of drug-likeness (QED) is 0.185. The number of rotatable bonds is 15. The Bertz CT molecular complexity index is 1210. The molecule has 2 rings (SSSR count). The fourth-order valence-electron chi connectivity index (χ4n) is 2.81. The zero-order chi connectivity index (χ0) is 29.6. The zero-order valence-corrected chi connectivity index (χ0v) is 25.2. The van der Waals surface area contributed by atoms with Gasteiger partial charge in [-0.25, -0.2) is 0 Å². The Hall–Kier alpha value is -1.38. The number of aliphatic hydroxyl groups is 2. The summed E-state index contributed by atoms with van der Waals surface area (Å²) in [7, 11) is -5.22. The third kappa shape index (κ3) is 8.32. The highest BCUT2D eigenvalue weighted by Crippen LogP contribution is 2.67. The summed E-state index contributed by atoms with van der Waals surface area (Å²) in [6.07, 6.45) is 0. The molecule has 0 aliphatic heterocycles. The number of carbonyl (C=O) groups is 3. The van der Waals surface area contributed by atoms with Crippen molar-refractivity contribution >= 4 is 68.7 Å². The van der Waals surface area contributed by atoms with Gasteiger partial charge in [0, 0.05) is 21.8 Å². The van der Waals surface area contributed by atoms with Crippen LogP contribution in [0.1, 0.15) is 42.9 Å². The molecule has 9 nitrogen and oxygen atoms in total. The second-order valence-corrected chi connectivity index (χ2v) is 15.1. The normalized spacial score (nSPS) is 13.1. The van der Waals surface area contributed by atoms with Gasteiger partial charge in [0.2, 0.25) is 0 Å². The summed E-state index contributed by atoms with van der Waals surface area (Å²) >= 11 is 2.50. The topological polar surface area (TPSA) is 153 Å². The summed E-state index contributed by atoms with van der Waals surface area (Å²) in [4.78, 5) is 36.1. The molecule has 0 radical (unpaired) electrons. The predicted molar refractivity (Wildman–Crippen MR) is 150 cm³/mol. The minimum absolute atomic E-state index is 0.130. The predicted octanol–water partition coefficient (Wildman–Crippen LogP) is 4.83. The van der Waals surface area contributed by atoms with Crippen molar-refractivity contribution in [1.29, 1.82) is 0 Å². The van der Waals surface area contributed by atoms with E-state index in [1.54, 1.807) is 0 Å². The first kappa shape index (κ1) is 33.8. The van der Waals surface area contributed by atoms with Gasteiger partial charge in [-0.3, -0.25) is 18.9 Å². The Morgan fingerprint density at radius 1 is 0.949 bits per heavy atom. The number of hydrogen-bond acceptors (Lipinski definition) is 11. The zero-order valence-electron chi connectivity index (χ0n) is 21.9. The number of primary amides is 1. The van der Waals surface area contributed by atoms with Crippen molar-refractivity contribution in [3.63, 3.8) is 0 Å². The van der Waals surface area contributed by atoms with Gasteiger partial charge in [0.05, 0.1) is 42.1 Å². The first-order valence-electron chi connectivity index (χ1n) is 11.7. The van der Waals surface area contributed by atoms with Gasteiger partial charge >= 0.3 is 13.3 Å². The maximum atomic E-state index is 15.7. The van der Waals surface area contributed by atoms with E-state index in [1.165, 1.54) is 39.8 Å². The Labute approximate surface area is 237 Å². The number of carbonyl (C=O) groups excluding carboxylic acids is 3. The summed E-state index contributed by atoms with van der Waals surface area (Å²) in [5, 5.41) is 18.1. The molecule has 15 heteroatoms. The standard InChI is InChI=1S/C24H32F2NO8PS3/c1-22(2,13-28)20(31)37-9-7-34-36(33,35-8-10-38-21(32)23(3,4)14-29)24(25,26)16-5-6-17-15(11-16)12-18(39-17)19(27)30/h5-6,11-12,28-29H,7-10,13-14H2,1-4H3,(H2,27,30). The molecule has 0 saturated heterocycles. The van der Waals surface area contributed by atoms with Gasteiger partial charge in [-0.15, -0.1) is 11.3 Å². The molecule has 0 aliphatic rings. The van der Waals surface area contributed by atoms with E-state index in [9.17, 15) is 29.2 Å². The number of aliphatic hydroxyl groups excluding tert-OH is 2. The second kappa shape index (κ2) is 13.5. The van der Waals surface area contributed by atoms with Crippen LogP contribution in [0.2, 0.25) is 0 Å². The second-order valence-electron chi connectivity index (χ2n) is 9.79. The fourth-order valence-corrected chi connectivity index (χ4v) is 7.09. The Kier molecular flexibility index (Phi) is 11.7. The molecule has 0 spiro atoms. The van der Waals surface area contributed by atoms with Crippen LogP contribution in [-0.2, 0) is 28.9 Å². The monoisotopic (exact) mass is 627 g/mol. The third-order valence-corrected chi connectivity index (χ3v) is 11.0. The molecule has 1 aromatic carbocycles. The smallest absolute Gasteiger partial charge is 0.395 e. The minimum atomic E-state index is -5.22. The minimum Gasteiger partial charge on any atom is -0.395 e. The fraction of sp³-hybridized carbons (Fsp3) is 0.542. The molecule has 0 saturated carbocycles. The molecule has 1 amide bonds. The number of amides is 1. The average Bonchev–Trinajstić information content (AvgIpc) is 3.32. The van der Waals surface area contributed by atoms with Crippen LogP contribution in [-0.4, -0.2) is 64.3 Å². The number of alkyl halides is 2. The molecule has 0 fully saturated rings. The van der Waals surface area contributed by atoms with Gasteiger partial charge in [0.25, 0.3) is 5.91 Å². The molecule has 0 bridgehead atoms. The van der Waals surface area contributed by atoms with Crippen molar-refractivity contribution in [3.8, 4) is 0 Å². The van der Waals surface area contributed by atoms with E-state index < -0.39 is 72.2 Å². The highest BCUT2D eigenvalue weighted by molar-refractivity contribution is 8.14. The molecule has 0 unspecified atom stereocenters. The summed E-state index contributed by atoms with van der Waals surface area (Å²) in [6.45, 7) is 4.21. The van der Waals surface area contributed by atoms with Gasteiger partial charge < -0.3 is 25.0 Å². The molecule has 2 aromatic rings. The van der Waals surface area contributed by atoms with Crippen LogP contribution >= 0.6 is 42.5 Å². The highest BCUT2D eigenvalue weighted by Gasteiger charge is 2.55. The molecular weight excluding hydrogens is 595 g/mol. The number of hydrogen-bond donors (Lipinski definition) is 3. The van der Waals surface area contributed by atoms with E-state index in [2.05, 4.69) is 0 Å². The van der Waals surface area contributed by atoms with E-state index in [4.69, 9.17) is 14.8 Å². The van der Waals surface area contributed by atoms with E-state index in [1.807, 2.05) is 0 Å². The maximum absolute atomic E-state index is 15.7. The Balaban J connectivity index is 2.25. The molecule has 0 atom stereocenters. The lowest BCUT2D eigenvalue weighted by Gasteiger charge is -2.27. The van der Waals surface area contributed by atoms with Crippen LogP contribution in [0.25, 0.3) is 10.1 Å². The number of nitrogens with two attached hydrogens (primary N) is 1. The van der Waals surface area contributed by atoms with Crippen molar-refractivity contribution in [2.75, 3.05) is 37.9 Å². The van der Waals surface area contributed by atoms with Crippen LogP contribution in [0.4, 0.5) is 8.78 Å². The molecule has 39 heavy (non-hydrogen) atoms. The molecule has 1 heterocycles. The van der Waals surface area contributed by atoms with Crippen molar-refractivity contribution in [2.45, 2.75) is 33.4 Å². The van der Waals surface area contributed by atoms with Crippen LogP contribution in [0.5, 0.6) is 0 Å². The Morgan fingerprint density at radius 3 is 1.87 bits per heavy atom. The maximum Gasteiger partial charge on any atom is 0.404 e. The van der Waals surface area contributed by atoms with Crippen molar-refractivity contribution in [2.24, 2.45) is 16.6 Å². The van der Waals surface area contributed by atoms with Crippen molar-refractivity contribution in [1.82, 2.24) is 0 Å². The first-order chi connectivity index (χ1) is 18.0. The molecular formula is C24H32F2NO8PS3. The van der Waals surface area contributed by atoms with Gasteiger partial charge in [-0.05, 0) is 51.3 Å². The first-order valence-corrected chi connectivity index (χ1v) is 16.0. The van der Waals surface area contributed by atoms with Gasteiger partial charge in [-0.1, -0.05) is 29.6 Å². The molecule has 0 aliphatic carbocycles. The summed E-state index contributed by atoms with van der Waals surface area (Å²) in [6, 6.07) is 4.82. The lowest BCUT2D eigenvalue weighted by molar-refractivity contribution is -0.120. The van der Waals surface area contributed by atoms with Gasteiger partial charge in [-0.2, -0.15) is 8.78 Å². The third-order valence-electron chi connectivity index (χ3n) is 5.50. The molecule has 218 valence electrons. The average molecular weight is 628 g/mol. The van der Waals surface area contributed by atoms with Crippen LogP contribution in [0.3, 0.4) is 0 Å². The van der Waals surface area contributed by atoms with Crippen molar-refractivity contribution < 1.29 is 47.0 Å². The van der Waals surface area contributed by atoms with Gasteiger partial charge in [0.15, 0.2) is 10.2 Å². The van der Waals surface area contributed by atoms with E-state index in [0.717, 1.165) is 47.0 Å². The van der Waals surface area contributed by atoms with E-state index >= 15 is 8.78 Å². The lowest BCUT2D eigenvalue weighted by Crippen LogP contribution is -2.26. The summed E-state index contributed by atoms with van der Waals surface area (Å²) in [5.74, 6) is -0.973. The van der Waals surface area contributed by atoms with Crippen LogP contribution < -0.4 is 5.73 Å². The van der Waals surface area contributed by atoms with E-state index in [-0.39, 0.29) is 21.8 Å². The number of fused-ring (bicyclic) bond motifs is 1. The van der Waals surface area contributed by atoms with Crippen molar-refractivity contribution in [3.05, 3.63) is 34.7 Å². The van der Waals surface area contributed by atoms with Crippen LogP contribution in [0, 0.1) is 10.8 Å². The van der Waals surface area contributed by atoms with Crippen LogP contribution in [0.15, 0.2) is 24.3 Å². The number of halogens is 2. The molecule has 1 aromatic heterocycles. The number of thioether (sulfide) groups is 2. The summed E-state index contributed by atoms with van der Waals surface area (Å²) < 4.78 is 55.8. The molecule has 4 N–H and O–H groups in total. The summed E-state index contributed by atoms with van der Waals surface area (Å²) in [5.41, 5.74) is -1.64. The SMILES string of the molecule is CC(C)(CO)C(=O)SCCOP(=O)(OCCSC(=O)C(C)(C)CO)C(F)(F)c1ccc2sc(C(N)=O)cc2c1. The highest BCUT2D eigenvalue weighted by atomic mass is 32.2. The van der Waals surface area contributed by atoms with Gasteiger partial charge in [0.1, 0.15) is 0 Å². The Morgan fingerprint density at radius 2 is 1.44 bits per heavy atom. The van der Waals surface area contributed by atoms with E-state index in [0.29, 0.717) is 4.70 Å². The number of benzene rings is 1. The number of thiophene rings is 1.